The minimum atomic E-state index is -0.390. The lowest BCUT2D eigenvalue weighted by molar-refractivity contribution is -0.146. The number of esters is 1. The van der Waals surface area contributed by atoms with Gasteiger partial charge in [-0.2, -0.15) is 0 Å². The zero-order valence-corrected chi connectivity index (χ0v) is 8.58. The van der Waals surface area contributed by atoms with E-state index in [-0.39, 0.29) is 24.5 Å². The molecule has 14 heavy (non-hydrogen) atoms. The molecule has 1 fully saturated rings. The van der Waals surface area contributed by atoms with Gasteiger partial charge in [-0.15, -0.1) is 0 Å². The van der Waals surface area contributed by atoms with Crippen LogP contribution in [-0.4, -0.2) is 50.1 Å². The van der Waals surface area contributed by atoms with E-state index in [1.807, 2.05) is 0 Å². The fourth-order valence-corrected chi connectivity index (χ4v) is 1.50. The molecule has 0 unspecified atom stereocenters. The molecule has 0 spiro atoms. The molecule has 0 saturated carbocycles. The monoisotopic (exact) mass is 200 g/mol. The van der Waals surface area contributed by atoms with E-state index in [1.165, 1.54) is 12.0 Å². The second kappa shape index (κ2) is 4.95. The zero-order chi connectivity index (χ0) is 10.6. The molecule has 0 radical (unpaired) electrons. The molecule has 1 N–H and O–H groups in total. The van der Waals surface area contributed by atoms with Gasteiger partial charge in [0.1, 0.15) is 6.54 Å². The molecule has 0 bridgehead atoms. The Morgan fingerprint density at radius 2 is 2.29 bits per heavy atom. The molecule has 5 heteroatoms. The van der Waals surface area contributed by atoms with Gasteiger partial charge in [0.15, 0.2) is 0 Å². The van der Waals surface area contributed by atoms with Gasteiger partial charge in [0.2, 0.25) is 5.91 Å². The van der Waals surface area contributed by atoms with Crippen molar-refractivity contribution in [1.82, 2.24) is 10.2 Å². The van der Waals surface area contributed by atoms with E-state index in [0.29, 0.717) is 0 Å². The van der Waals surface area contributed by atoms with E-state index < -0.39 is 0 Å². The number of rotatable bonds is 3. The lowest BCUT2D eigenvalue weighted by atomic mass is 10.2. The SMILES string of the molecule is COC(=O)CN(C)C(=O)[C@@H]1CCCN1. The first kappa shape index (κ1) is 11.0. The predicted molar refractivity (Wildman–Crippen MR) is 50.7 cm³/mol. The highest BCUT2D eigenvalue weighted by molar-refractivity contribution is 5.85. The second-order valence-electron chi connectivity index (χ2n) is 3.42. The van der Waals surface area contributed by atoms with Crippen LogP contribution in [0.3, 0.4) is 0 Å². The Bertz CT molecular complexity index is 224. The third-order valence-electron chi connectivity index (χ3n) is 2.33. The molecule has 0 aliphatic carbocycles. The van der Waals surface area contributed by atoms with Gasteiger partial charge in [-0.25, -0.2) is 0 Å². The molecule has 0 aromatic heterocycles. The molecule has 0 aromatic carbocycles. The predicted octanol–water partition coefficient (Wildman–Crippen LogP) is -0.630. The highest BCUT2D eigenvalue weighted by Crippen LogP contribution is 2.07. The summed E-state index contributed by atoms with van der Waals surface area (Å²) in [6.45, 7) is 0.899. The van der Waals surface area contributed by atoms with Gasteiger partial charge in [-0.3, -0.25) is 9.59 Å². The summed E-state index contributed by atoms with van der Waals surface area (Å²) in [5.41, 5.74) is 0. The van der Waals surface area contributed by atoms with Crippen LogP contribution in [0, 0.1) is 0 Å². The van der Waals surface area contributed by atoms with Crippen molar-refractivity contribution in [2.45, 2.75) is 18.9 Å². The van der Waals surface area contributed by atoms with E-state index in [0.717, 1.165) is 19.4 Å². The Morgan fingerprint density at radius 3 is 2.79 bits per heavy atom. The van der Waals surface area contributed by atoms with Gasteiger partial charge in [0.05, 0.1) is 13.2 Å². The number of amides is 1. The molecule has 1 saturated heterocycles. The normalized spacial score (nSPS) is 20.6. The standard InChI is InChI=1S/C9H16N2O3/c1-11(6-8(12)14-2)9(13)7-4-3-5-10-7/h7,10H,3-6H2,1-2H3/t7-/m0/s1. The maximum Gasteiger partial charge on any atom is 0.325 e. The van der Waals surface area contributed by atoms with Gasteiger partial charge in [-0.1, -0.05) is 0 Å². The van der Waals surface area contributed by atoms with Gasteiger partial charge >= 0.3 is 5.97 Å². The van der Waals surface area contributed by atoms with Crippen molar-refractivity contribution in [1.29, 1.82) is 0 Å². The second-order valence-corrected chi connectivity index (χ2v) is 3.42. The molecule has 1 heterocycles. The lowest BCUT2D eigenvalue weighted by Gasteiger charge is -2.19. The number of nitrogens with zero attached hydrogens (tertiary/aromatic N) is 1. The molecule has 80 valence electrons. The van der Waals surface area contributed by atoms with E-state index in [9.17, 15) is 9.59 Å². The number of nitrogens with one attached hydrogen (secondary N) is 1. The summed E-state index contributed by atoms with van der Waals surface area (Å²) >= 11 is 0. The first-order valence-corrected chi connectivity index (χ1v) is 4.70. The molecule has 0 aromatic rings. The van der Waals surface area contributed by atoms with Crippen LogP contribution in [0.15, 0.2) is 0 Å². The molecule has 1 aliphatic rings. The third-order valence-corrected chi connectivity index (χ3v) is 2.33. The van der Waals surface area contributed by atoms with Gasteiger partial charge < -0.3 is 15.0 Å². The van der Waals surface area contributed by atoms with Gasteiger partial charge in [-0.05, 0) is 19.4 Å². The Balaban J connectivity index is 2.39. The molecular weight excluding hydrogens is 184 g/mol. The van der Waals surface area contributed by atoms with Crippen LogP contribution in [0.1, 0.15) is 12.8 Å². The quantitative estimate of drug-likeness (QED) is 0.616. The largest absolute Gasteiger partial charge is 0.468 e. The van der Waals surface area contributed by atoms with Crippen molar-refractivity contribution in [2.24, 2.45) is 0 Å². The number of carbonyl (C=O) groups excluding carboxylic acids is 2. The summed E-state index contributed by atoms with van der Waals surface area (Å²) in [6, 6.07) is -0.121. The summed E-state index contributed by atoms with van der Waals surface area (Å²) in [5.74, 6) is -0.424. The maximum atomic E-state index is 11.7. The smallest absolute Gasteiger partial charge is 0.325 e. The number of methoxy groups -OCH3 is 1. The van der Waals surface area contributed by atoms with Crippen LogP contribution >= 0.6 is 0 Å². The third kappa shape index (κ3) is 2.70. The van der Waals surface area contributed by atoms with E-state index in [1.54, 1.807) is 7.05 Å². The first-order valence-electron chi connectivity index (χ1n) is 4.70. The number of carbonyl (C=O) groups is 2. The molecule has 1 amide bonds. The average molecular weight is 200 g/mol. The van der Waals surface area contributed by atoms with Crippen LogP contribution in [0.4, 0.5) is 0 Å². The van der Waals surface area contributed by atoms with Crippen molar-refractivity contribution >= 4 is 11.9 Å². The van der Waals surface area contributed by atoms with Crippen LogP contribution in [0.5, 0.6) is 0 Å². The Hall–Kier alpha value is -1.10. The summed E-state index contributed by atoms with van der Waals surface area (Å²) in [4.78, 5) is 24.0. The minimum absolute atomic E-state index is 0.0213. The Kier molecular flexibility index (Phi) is 3.88. The number of hydrogen-bond donors (Lipinski definition) is 1. The molecule has 1 rings (SSSR count). The number of hydrogen-bond acceptors (Lipinski definition) is 4. The van der Waals surface area contributed by atoms with Crippen LogP contribution < -0.4 is 5.32 Å². The van der Waals surface area contributed by atoms with Gasteiger partial charge in [0, 0.05) is 7.05 Å². The first-order chi connectivity index (χ1) is 6.65. The minimum Gasteiger partial charge on any atom is -0.468 e. The maximum absolute atomic E-state index is 11.7. The van der Waals surface area contributed by atoms with Crippen LogP contribution in [-0.2, 0) is 14.3 Å². The van der Waals surface area contributed by atoms with E-state index >= 15 is 0 Å². The molecule has 5 nitrogen and oxygen atoms in total. The fraction of sp³-hybridized carbons (Fsp3) is 0.778. The van der Waals surface area contributed by atoms with Crippen molar-refractivity contribution in [3.8, 4) is 0 Å². The fourth-order valence-electron chi connectivity index (χ4n) is 1.50. The highest BCUT2D eigenvalue weighted by atomic mass is 16.5. The highest BCUT2D eigenvalue weighted by Gasteiger charge is 2.25. The summed E-state index contributed by atoms with van der Waals surface area (Å²) in [6.07, 6.45) is 1.87. The summed E-state index contributed by atoms with van der Waals surface area (Å²) < 4.78 is 4.48. The lowest BCUT2D eigenvalue weighted by Crippen LogP contribution is -2.43. The van der Waals surface area contributed by atoms with E-state index in [2.05, 4.69) is 10.1 Å². The molecular formula is C9H16N2O3. The van der Waals surface area contributed by atoms with Crippen molar-refractivity contribution in [3.63, 3.8) is 0 Å². The number of ether oxygens (including phenoxy) is 1. The van der Waals surface area contributed by atoms with Crippen molar-refractivity contribution < 1.29 is 14.3 Å². The van der Waals surface area contributed by atoms with Crippen LogP contribution in [0.2, 0.25) is 0 Å². The van der Waals surface area contributed by atoms with Gasteiger partial charge in [0.25, 0.3) is 0 Å². The zero-order valence-electron chi connectivity index (χ0n) is 8.58. The topological polar surface area (TPSA) is 58.6 Å². The molecule has 1 atom stereocenters. The van der Waals surface area contributed by atoms with E-state index in [4.69, 9.17) is 0 Å². The van der Waals surface area contributed by atoms with Crippen LogP contribution in [0.25, 0.3) is 0 Å². The Morgan fingerprint density at radius 1 is 1.57 bits per heavy atom. The van der Waals surface area contributed by atoms with Crippen molar-refractivity contribution in [2.75, 3.05) is 27.2 Å². The summed E-state index contributed by atoms with van der Waals surface area (Å²) in [5, 5.41) is 3.09. The Labute approximate surface area is 83.4 Å². The summed E-state index contributed by atoms with van der Waals surface area (Å²) in [7, 11) is 2.92. The molecule has 1 aliphatic heterocycles. The van der Waals surface area contributed by atoms with Crippen molar-refractivity contribution in [3.05, 3.63) is 0 Å². The average Bonchev–Trinajstić information content (AvgIpc) is 2.69. The number of likely N-dealkylation sites (N-methyl/N-ethyl adjacent to an activating group) is 1.